The normalized spacial score (nSPS) is 19.1. The standard InChI is InChI=1S/C16H24Br2N2O/c1-3-20-6-5-12(11-20)9-19-10-13-7-14(17)16(21-4-2)15(18)8-13/h7-8,12,19H,3-6,9-11H2,1-2H3. The van der Waals surface area contributed by atoms with Gasteiger partial charge in [-0.05, 0) is 88.5 Å². The number of ether oxygens (including phenoxy) is 1. The van der Waals surface area contributed by atoms with Crippen LogP contribution in [-0.4, -0.2) is 37.7 Å². The van der Waals surface area contributed by atoms with Crippen molar-refractivity contribution in [3.8, 4) is 5.75 Å². The summed E-state index contributed by atoms with van der Waals surface area (Å²) in [6.45, 7) is 10.6. The lowest BCUT2D eigenvalue weighted by Gasteiger charge is -2.15. The van der Waals surface area contributed by atoms with Crippen LogP contribution in [0.15, 0.2) is 21.1 Å². The van der Waals surface area contributed by atoms with Gasteiger partial charge in [0.15, 0.2) is 0 Å². The second-order valence-corrected chi connectivity index (χ2v) is 7.21. The largest absolute Gasteiger partial charge is 0.492 e. The van der Waals surface area contributed by atoms with Gasteiger partial charge in [0.1, 0.15) is 5.75 Å². The summed E-state index contributed by atoms with van der Waals surface area (Å²) in [7, 11) is 0. The van der Waals surface area contributed by atoms with Gasteiger partial charge < -0.3 is 15.0 Å². The Kier molecular flexibility index (Phi) is 6.99. The molecule has 0 radical (unpaired) electrons. The molecule has 1 aliphatic heterocycles. The van der Waals surface area contributed by atoms with Crippen LogP contribution in [0, 0.1) is 5.92 Å². The molecular formula is C16H24Br2N2O. The smallest absolute Gasteiger partial charge is 0.147 e. The van der Waals surface area contributed by atoms with E-state index in [0.717, 1.165) is 33.7 Å². The van der Waals surface area contributed by atoms with E-state index >= 15 is 0 Å². The van der Waals surface area contributed by atoms with Crippen LogP contribution in [0.5, 0.6) is 5.75 Å². The molecule has 0 aromatic heterocycles. The molecule has 1 heterocycles. The van der Waals surface area contributed by atoms with Crippen LogP contribution in [0.1, 0.15) is 25.8 Å². The highest BCUT2D eigenvalue weighted by Gasteiger charge is 2.20. The van der Waals surface area contributed by atoms with Gasteiger partial charge in [-0.25, -0.2) is 0 Å². The third-order valence-corrected chi connectivity index (χ3v) is 5.10. The zero-order valence-corrected chi connectivity index (χ0v) is 16.0. The summed E-state index contributed by atoms with van der Waals surface area (Å²) in [5.41, 5.74) is 1.27. The number of benzene rings is 1. The molecule has 0 aliphatic carbocycles. The van der Waals surface area contributed by atoms with Crippen LogP contribution in [-0.2, 0) is 6.54 Å². The first-order valence-electron chi connectivity index (χ1n) is 7.67. The SMILES string of the molecule is CCOc1c(Br)cc(CNCC2CCN(CC)C2)cc1Br. The molecule has 1 atom stereocenters. The maximum Gasteiger partial charge on any atom is 0.147 e. The van der Waals surface area contributed by atoms with Crippen molar-refractivity contribution in [2.45, 2.75) is 26.8 Å². The van der Waals surface area contributed by atoms with Crippen molar-refractivity contribution < 1.29 is 4.74 Å². The monoisotopic (exact) mass is 418 g/mol. The molecule has 3 nitrogen and oxygen atoms in total. The van der Waals surface area contributed by atoms with Crippen molar-refractivity contribution in [1.29, 1.82) is 0 Å². The minimum absolute atomic E-state index is 0.671. The fourth-order valence-electron chi connectivity index (χ4n) is 2.78. The molecule has 21 heavy (non-hydrogen) atoms. The van der Waals surface area contributed by atoms with E-state index in [2.05, 4.69) is 61.1 Å². The molecule has 1 aromatic rings. The third-order valence-electron chi connectivity index (χ3n) is 3.93. The van der Waals surface area contributed by atoms with Crippen LogP contribution in [0.4, 0.5) is 0 Å². The van der Waals surface area contributed by atoms with Gasteiger partial charge in [0.05, 0.1) is 15.6 Å². The number of likely N-dealkylation sites (tertiary alicyclic amines) is 1. The summed E-state index contributed by atoms with van der Waals surface area (Å²) in [5.74, 6) is 1.68. The molecule has 0 amide bonds. The van der Waals surface area contributed by atoms with Gasteiger partial charge in [0.25, 0.3) is 0 Å². The Bertz CT molecular complexity index is 445. The van der Waals surface area contributed by atoms with E-state index in [0.29, 0.717) is 6.61 Å². The van der Waals surface area contributed by atoms with E-state index < -0.39 is 0 Å². The summed E-state index contributed by atoms with van der Waals surface area (Å²) in [6.07, 6.45) is 1.32. The van der Waals surface area contributed by atoms with Crippen LogP contribution in [0.3, 0.4) is 0 Å². The molecule has 2 rings (SSSR count). The first kappa shape index (κ1) is 17.3. The zero-order chi connectivity index (χ0) is 15.2. The predicted octanol–water partition coefficient (Wildman–Crippen LogP) is 4.04. The van der Waals surface area contributed by atoms with E-state index in [9.17, 15) is 0 Å². The van der Waals surface area contributed by atoms with E-state index in [-0.39, 0.29) is 0 Å². The summed E-state index contributed by atoms with van der Waals surface area (Å²) >= 11 is 7.17. The van der Waals surface area contributed by atoms with Gasteiger partial charge in [0, 0.05) is 13.1 Å². The molecule has 1 aliphatic rings. The fourth-order valence-corrected chi connectivity index (χ4v) is 4.29. The number of nitrogens with one attached hydrogen (secondary N) is 1. The maximum absolute atomic E-state index is 5.61. The van der Waals surface area contributed by atoms with E-state index in [1.807, 2.05) is 6.92 Å². The van der Waals surface area contributed by atoms with Gasteiger partial charge in [-0.15, -0.1) is 0 Å². The summed E-state index contributed by atoms with van der Waals surface area (Å²) in [4.78, 5) is 2.52. The third kappa shape index (κ3) is 4.95. The minimum atomic E-state index is 0.671. The number of rotatable bonds is 7. The van der Waals surface area contributed by atoms with Crippen molar-refractivity contribution in [2.75, 3.05) is 32.8 Å². The molecular weight excluding hydrogens is 396 g/mol. The quantitative estimate of drug-likeness (QED) is 0.721. The highest BCUT2D eigenvalue weighted by atomic mass is 79.9. The number of nitrogens with zero attached hydrogens (tertiary/aromatic N) is 1. The first-order valence-corrected chi connectivity index (χ1v) is 9.26. The van der Waals surface area contributed by atoms with Crippen LogP contribution in [0.25, 0.3) is 0 Å². The Hall–Kier alpha value is -0.100. The van der Waals surface area contributed by atoms with Crippen molar-refractivity contribution in [2.24, 2.45) is 5.92 Å². The maximum atomic E-state index is 5.61. The number of hydrogen-bond acceptors (Lipinski definition) is 3. The van der Waals surface area contributed by atoms with Gasteiger partial charge in [-0.1, -0.05) is 6.92 Å². The van der Waals surface area contributed by atoms with Crippen LogP contribution >= 0.6 is 31.9 Å². The van der Waals surface area contributed by atoms with E-state index in [1.165, 1.54) is 31.6 Å². The Morgan fingerprint density at radius 2 is 2.00 bits per heavy atom. The van der Waals surface area contributed by atoms with E-state index in [1.54, 1.807) is 0 Å². The average Bonchev–Trinajstić information content (AvgIpc) is 2.91. The second kappa shape index (κ2) is 8.51. The van der Waals surface area contributed by atoms with Gasteiger partial charge in [-0.2, -0.15) is 0 Å². The van der Waals surface area contributed by atoms with Gasteiger partial charge in [0.2, 0.25) is 0 Å². The number of hydrogen-bond donors (Lipinski definition) is 1. The molecule has 1 unspecified atom stereocenters. The van der Waals surface area contributed by atoms with Crippen LogP contribution < -0.4 is 10.1 Å². The van der Waals surface area contributed by atoms with Crippen molar-refractivity contribution in [3.05, 3.63) is 26.6 Å². The molecule has 0 saturated carbocycles. The fraction of sp³-hybridized carbons (Fsp3) is 0.625. The van der Waals surface area contributed by atoms with Crippen LogP contribution in [0.2, 0.25) is 0 Å². The summed E-state index contributed by atoms with van der Waals surface area (Å²) in [5, 5.41) is 3.59. The predicted molar refractivity (Wildman–Crippen MR) is 94.9 cm³/mol. The second-order valence-electron chi connectivity index (χ2n) is 5.50. The minimum Gasteiger partial charge on any atom is -0.492 e. The summed E-state index contributed by atoms with van der Waals surface area (Å²) in [6, 6.07) is 4.27. The molecule has 1 N–H and O–H groups in total. The molecule has 5 heteroatoms. The average molecular weight is 420 g/mol. The lowest BCUT2D eigenvalue weighted by atomic mass is 10.1. The lowest BCUT2D eigenvalue weighted by molar-refractivity contribution is 0.335. The topological polar surface area (TPSA) is 24.5 Å². The Labute approximate surface area is 144 Å². The first-order chi connectivity index (χ1) is 10.1. The highest BCUT2D eigenvalue weighted by molar-refractivity contribution is 9.11. The highest BCUT2D eigenvalue weighted by Crippen LogP contribution is 2.34. The lowest BCUT2D eigenvalue weighted by Crippen LogP contribution is -2.26. The molecule has 1 aromatic carbocycles. The van der Waals surface area contributed by atoms with Crippen molar-refractivity contribution in [3.63, 3.8) is 0 Å². The molecule has 0 bridgehead atoms. The Morgan fingerprint density at radius 3 is 2.57 bits per heavy atom. The van der Waals surface area contributed by atoms with E-state index in [4.69, 9.17) is 4.74 Å². The van der Waals surface area contributed by atoms with Gasteiger partial charge >= 0.3 is 0 Å². The molecule has 0 spiro atoms. The van der Waals surface area contributed by atoms with Crippen molar-refractivity contribution >= 4 is 31.9 Å². The number of halogens is 2. The van der Waals surface area contributed by atoms with Crippen molar-refractivity contribution in [1.82, 2.24) is 10.2 Å². The Morgan fingerprint density at radius 1 is 1.29 bits per heavy atom. The zero-order valence-electron chi connectivity index (χ0n) is 12.8. The van der Waals surface area contributed by atoms with Gasteiger partial charge in [-0.3, -0.25) is 0 Å². The summed E-state index contributed by atoms with van der Waals surface area (Å²) < 4.78 is 7.63. The Balaban J connectivity index is 1.83. The molecule has 1 fully saturated rings. The molecule has 1 saturated heterocycles. The molecule has 118 valence electrons.